The predicted molar refractivity (Wildman–Crippen MR) is 71.3 cm³/mol. The van der Waals surface area contributed by atoms with Gasteiger partial charge in [0, 0.05) is 6.54 Å². The van der Waals surface area contributed by atoms with Crippen molar-refractivity contribution >= 4 is 5.91 Å². The fourth-order valence-electron chi connectivity index (χ4n) is 3.08. The van der Waals surface area contributed by atoms with Crippen molar-refractivity contribution in [2.75, 3.05) is 13.1 Å². The van der Waals surface area contributed by atoms with E-state index in [1.54, 1.807) is 0 Å². The molecule has 1 saturated heterocycles. The zero-order valence-electron chi connectivity index (χ0n) is 11.4. The predicted octanol–water partition coefficient (Wildman–Crippen LogP) is 1.33. The first kappa shape index (κ1) is 13.8. The smallest absolute Gasteiger partial charge is 0.240 e. The molecule has 1 amide bonds. The van der Waals surface area contributed by atoms with Crippen LogP contribution in [0.15, 0.2) is 0 Å². The van der Waals surface area contributed by atoms with Gasteiger partial charge in [0.25, 0.3) is 0 Å². The van der Waals surface area contributed by atoms with E-state index in [2.05, 4.69) is 10.6 Å². The van der Waals surface area contributed by atoms with E-state index in [1.165, 1.54) is 6.42 Å². The van der Waals surface area contributed by atoms with Crippen LogP contribution < -0.4 is 10.6 Å². The number of aliphatic hydroxyl groups is 1. The van der Waals surface area contributed by atoms with Gasteiger partial charge in [0.05, 0.1) is 11.1 Å². The summed E-state index contributed by atoms with van der Waals surface area (Å²) in [6.45, 7) is 3.28. The Morgan fingerprint density at radius 1 is 1.17 bits per heavy atom. The summed E-state index contributed by atoms with van der Waals surface area (Å²) >= 11 is 0. The van der Waals surface area contributed by atoms with E-state index in [0.717, 1.165) is 51.5 Å². The zero-order chi connectivity index (χ0) is 13.1. The Balaban J connectivity index is 1.83. The summed E-state index contributed by atoms with van der Waals surface area (Å²) in [5, 5.41) is 16.6. The third kappa shape index (κ3) is 3.23. The summed E-state index contributed by atoms with van der Waals surface area (Å²) in [6.07, 6.45) is 8.11. The third-order valence-corrected chi connectivity index (χ3v) is 4.48. The Morgan fingerprint density at radius 2 is 1.83 bits per heavy atom. The van der Waals surface area contributed by atoms with E-state index in [-0.39, 0.29) is 5.91 Å². The maximum Gasteiger partial charge on any atom is 0.240 e. The van der Waals surface area contributed by atoms with Gasteiger partial charge in [-0.2, -0.15) is 0 Å². The second-order valence-electron chi connectivity index (χ2n) is 6.18. The molecule has 0 radical (unpaired) electrons. The van der Waals surface area contributed by atoms with Crippen molar-refractivity contribution in [3.05, 3.63) is 0 Å². The van der Waals surface area contributed by atoms with Crippen molar-refractivity contribution in [3.8, 4) is 0 Å². The van der Waals surface area contributed by atoms with Crippen LogP contribution in [0.5, 0.6) is 0 Å². The highest BCUT2D eigenvalue weighted by molar-refractivity contribution is 5.86. The summed E-state index contributed by atoms with van der Waals surface area (Å²) in [5.41, 5.74) is -1.11. The fraction of sp³-hybridized carbons (Fsp3) is 0.929. The number of carbonyl (C=O) groups excluding carboxylic acids is 1. The Labute approximate surface area is 110 Å². The number of amides is 1. The molecule has 18 heavy (non-hydrogen) atoms. The Bertz CT molecular complexity index is 292. The van der Waals surface area contributed by atoms with Gasteiger partial charge in [0.2, 0.25) is 5.91 Å². The molecule has 104 valence electrons. The van der Waals surface area contributed by atoms with E-state index >= 15 is 0 Å². The van der Waals surface area contributed by atoms with Crippen molar-refractivity contribution in [3.63, 3.8) is 0 Å². The molecule has 0 aromatic carbocycles. The van der Waals surface area contributed by atoms with Gasteiger partial charge in [0.15, 0.2) is 0 Å². The second-order valence-corrected chi connectivity index (χ2v) is 6.18. The number of nitrogens with one attached hydrogen (secondary N) is 2. The number of rotatable bonds is 3. The highest BCUT2D eigenvalue weighted by Crippen LogP contribution is 2.27. The van der Waals surface area contributed by atoms with Crippen molar-refractivity contribution in [1.29, 1.82) is 0 Å². The standard InChI is InChI=1S/C14H26N2O2/c1-13(7-5-6-10-16-13)12(17)15-11-14(18)8-3-2-4-9-14/h16,18H,2-11H2,1H3,(H,15,17). The Kier molecular flexibility index (Phi) is 4.28. The fourth-order valence-corrected chi connectivity index (χ4v) is 3.08. The number of carbonyl (C=O) groups is 1. The molecule has 1 atom stereocenters. The molecule has 2 rings (SSSR count). The Hall–Kier alpha value is -0.610. The molecule has 4 nitrogen and oxygen atoms in total. The molecule has 1 unspecified atom stereocenters. The van der Waals surface area contributed by atoms with Crippen molar-refractivity contribution < 1.29 is 9.90 Å². The lowest BCUT2D eigenvalue weighted by atomic mass is 9.84. The molecule has 3 N–H and O–H groups in total. The molecule has 1 saturated carbocycles. The monoisotopic (exact) mass is 254 g/mol. The van der Waals surface area contributed by atoms with Crippen LogP contribution in [0.2, 0.25) is 0 Å². The first-order valence-corrected chi connectivity index (χ1v) is 7.30. The first-order chi connectivity index (χ1) is 8.54. The van der Waals surface area contributed by atoms with Crippen LogP contribution in [-0.4, -0.2) is 35.2 Å². The molecule has 2 fully saturated rings. The molecular formula is C14H26N2O2. The quantitative estimate of drug-likeness (QED) is 0.712. The minimum Gasteiger partial charge on any atom is -0.388 e. The molecular weight excluding hydrogens is 228 g/mol. The van der Waals surface area contributed by atoms with Gasteiger partial charge in [-0.3, -0.25) is 4.79 Å². The summed E-state index contributed by atoms with van der Waals surface area (Å²) in [7, 11) is 0. The summed E-state index contributed by atoms with van der Waals surface area (Å²) in [6, 6.07) is 0. The molecule has 0 aromatic heterocycles. The van der Waals surface area contributed by atoms with Gasteiger partial charge >= 0.3 is 0 Å². The van der Waals surface area contributed by atoms with Gasteiger partial charge < -0.3 is 15.7 Å². The maximum atomic E-state index is 12.2. The number of hydrogen-bond acceptors (Lipinski definition) is 3. The molecule has 4 heteroatoms. The van der Waals surface area contributed by atoms with E-state index in [0.29, 0.717) is 6.54 Å². The maximum absolute atomic E-state index is 12.2. The lowest BCUT2D eigenvalue weighted by Gasteiger charge is -2.36. The summed E-state index contributed by atoms with van der Waals surface area (Å²) < 4.78 is 0. The van der Waals surface area contributed by atoms with Crippen LogP contribution in [0, 0.1) is 0 Å². The molecule has 0 bridgehead atoms. The SMILES string of the molecule is CC1(C(=O)NCC2(O)CCCCC2)CCCCN1. The van der Waals surface area contributed by atoms with Gasteiger partial charge in [-0.05, 0) is 45.6 Å². The molecule has 1 aliphatic carbocycles. The van der Waals surface area contributed by atoms with Gasteiger partial charge in [-0.15, -0.1) is 0 Å². The number of piperidine rings is 1. The van der Waals surface area contributed by atoms with Crippen LogP contribution >= 0.6 is 0 Å². The van der Waals surface area contributed by atoms with Crippen LogP contribution in [0.3, 0.4) is 0 Å². The lowest BCUT2D eigenvalue weighted by Crippen LogP contribution is -2.59. The molecule has 1 heterocycles. The highest BCUT2D eigenvalue weighted by Gasteiger charge is 2.36. The summed E-state index contributed by atoms with van der Waals surface area (Å²) in [4.78, 5) is 12.2. The minimum absolute atomic E-state index is 0.0428. The van der Waals surface area contributed by atoms with Crippen molar-refractivity contribution in [2.45, 2.75) is 69.4 Å². The zero-order valence-corrected chi connectivity index (χ0v) is 11.4. The van der Waals surface area contributed by atoms with Crippen LogP contribution in [0.4, 0.5) is 0 Å². The third-order valence-electron chi connectivity index (χ3n) is 4.48. The van der Waals surface area contributed by atoms with E-state index in [4.69, 9.17) is 0 Å². The highest BCUT2D eigenvalue weighted by atomic mass is 16.3. The van der Waals surface area contributed by atoms with E-state index in [9.17, 15) is 9.90 Å². The molecule has 0 spiro atoms. The van der Waals surface area contributed by atoms with Crippen LogP contribution in [0.25, 0.3) is 0 Å². The average molecular weight is 254 g/mol. The molecule has 2 aliphatic rings. The average Bonchev–Trinajstić information content (AvgIpc) is 2.38. The van der Waals surface area contributed by atoms with Gasteiger partial charge in [-0.25, -0.2) is 0 Å². The normalized spacial score (nSPS) is 31.9. The van der Waals surface area contributed by atoms with Crippen molar-refractivity contribution in [1.82, 2.24) is 10.6 Å². The Morgan fingerprint density at radius 3 is 2.44 bits per heavy atom. The first-order valence-electron chi connectivity index (χ1n) is 7.30. The van der Waals surface area contributed by atoms with Crippen LogP contribution in [0.1, 0.15) is 58.3 Å². The van der Waals surface area contributed by atoms with Crippen molar-refractivity contribution in [2.24, 2.45) is 0 Å². The van der Waals surface area contributed by atoms with Crippen LogP contribution in [-0.2, 0) is 4.79 Å². The molecule has 0 aromatic rings. The summed E-state index contributed by atoms with van der Waals surface area (Å²) in [5.74, 6) is 0.0428. The number of hydrogen-bond donors (Lipinski definition) is 3. The molecule has 1 aliphatic heterocycles. The van der Waals surface area contributed by atoms with E-state index < -0.39 is 11.1 Å². The van der Waals surface area contributed by atoms with Gasteiger partial charge in [0.1, 0.15) is 0 Å². The topological polar surface area (TPSA) is 61.4 Å². The lowest BCUT2D eigenvalue weighted by molar-refractivity contribution is -0.129. The largest absolute Gasteiger partial charge is 0.388 e. The van der Waals surface area contributed by atoms with Gasteiger partial charge in [-0.1, -0.05) is 19.3 Å². The van der Waals surface area contributed by atoms with E-state index in [1.807, 2.05) is 6.92 Å². The minimum atomic E-state index is -0.668. The second kappa shape index (κ2) is 5.57.